The predicted octanol–water partition coefficient (Wildman–Crippen LogP) is 1.09. The molecular formula is C12H21N3O. The molecule has 0 unspecified atom stereocenters. The summed E-state index contributed by atoms with van der Waals surface area (Å²) in [5.41, 5.74) is 2.07. The fraction of sp³-hybridized carbons (Fsp3) is 0.667. The maximum absolute atomic E-state index is 11.7. The zero-order valence-corrected chi connectivity index (χ0v) is 10.4. The maximum Gasteiger partial charge on any atom is 0.140 e. The van der Waals surface area contributed by atoms with Crippen molar-refractivity contribution in [3.8, 4) is 0 Å². The van der Waals surface area contributed by atoms with Gasteiger partial charge in [-0.2, -0.15) is 5.10 Å². The Labute approximate surface area is 97.0 Å². The lowest BCUT2D eigenvalue weighted by atomic mass is 10.1. The van der Waals surface area contributed by atoms with E-state index in [1.165, 1.54) is 0 Å². The van der Waals surface area contributed by atoms with E-state index in [4.69, 9.17) is 0 Å². The van der Waals surface area contributed by atoms with Crippen molar-refractivity contribution in [1.82, 2.24) is 15.1 Å². The minimum Gasteiger partial charge on any atom is -0.317 e. The van der Waals surface area contributed by atoms with Gasteiger partial charge in [-0.15, -0.1) is 0 Å². The second-order valence-electron chi connectivity index (χ2n) is 3.92. The molecule has 0 spiro atoms. The van der Waals surface area contributed by atoms with Crippen LogP contribution in [0, 0.1) is 0 Å². The van der Waals surface area contributed by atoms with Gasteiger partial charge in [-0.25, -0.2) is 0 Å². The van der Waals surface area contributed by atoms with Gasteiger partial charge < -0.3 is 5.32 Å². The zero-order valence-electron chi connectivity index (χ0n) is 10.4. The highest BCUT2D eigenvalue weighted by Gasteiger charge is 2.08. The summed E-state index contributed by atoms with van der Waals surface area (Å²) in [5.74, 6) is 0.270. The molecule has 0 bridgehead atoms. The van der Waals surface area contributed by atoms with Crippen molar-refractivity contribution in [1.29, 1.82) is 0 Å². The lowest BCUT2D eigenvalue weighted by molar-refractivity contribution is -0.118. The molecule has 0 aliphatic rings. The van der Waals surface area contributed by atoms with Crippen LogP contribution >= 0.6 is 0 Å². The Morgan fingerprint density at radius 3 is 2.81 bits per heavy atom. The van der Waals surface area contributed by atoms with E-state index in [1.54, 1.807) is 0 Å². The summed E-state index contributed by atoms with van der Waals surface area (Å²) in [6.45, 7) is 5.80. The number of carbonyl (C=O) groups is 1. The SMILES string of the molecule is CCNCCC(=O)Cc1cc(CC)nn1C. The highest BCUT2D eigenvalue weighted by atomic mass is 16.1. The van der Waals surface area contributed by atoms with Crippen molar-refractivity contribution in [3.63, 3.8) is 0 Å². The molecule has 0 aliphatic heterocycles. The smallest absolute Gasteiger partial charge is 0.140 e. The third kappa shape index (κ3) is 3.77. The fourth-order valence-electron chi connectivity index (χ4n) is 1.60. The maximum atomic E-state index is 11.7. The van der Waals surface area contributed by atoms with Crippen LogP contribution in [0.3, 0.4) is 0 Å². The normalized spacial score (nSPS) is 10.7. The summed E-state index contributed by atoms with van der Waals surface area (Å²) in [6.07, 6.45) is 2.01. The first kappa shape index (κ1) is 12.9. The van der Waals surface area contributed by atoms with Crippen molar-refractivity contribution in [2.75, 3.05) is 13.1 Å². The van der Waals surface area contributed by atoms with Gasteiger partial charge in [-0.05, 0) is 19.0 Å². The van der Waals surface area contributed by atoms with Crippen molar-refractivity contribution in [2.24, 2.45) is 7.05 Å². The summed E-state index contributed by atoms with van der Waals surface area (Å²) in [7, 11) is 1.89. The van der Waals surface area contributed by atoms with Gasteiger partial charge in [0.25, 0.3) is 0 Å². The van der Waals surface area contributed by atoms with Gasteiger partial charge >= 0.3 is 0 Å². The molecule has 0 aliphatic carbocycles. The first-order chi connectivity index (χ1) is 7.67. The monoisotopic (exact) mass is 223 g/mol. The van der Waals surface area contributed by atoms with E-state index in [2.05, 4.69) is 17.3 Å². The molecule has 0 amide bonds. The fourth-order valence-corrected chi connectivity index (χ4v) is 1.60. The summed E-state index contributed by atoms with van der Waals surface area (Å²) in [4.78, 5) is 11.7. The number of Topliss-reactive ketones (excluding diaryl/α,β-unsaturated/α-hetero) is 1. The second kappa shape index (κ2) is 6.43. The van der Waals surface area contributed by atoms with E-state index < -0.39 is 0 Å². The second-order valence-corrected chi connectivity index (χ2v) is 3.92. The van der Waals surface area contributed by atoms with Crippen LogP contribution in [0.15, 0.2) is 6.07 Å². The number of ketones is 1. The van der Waals surface area contributed by atoms with Crippen LogP contribution in [0.2, 0.25) is 0 Å². The average Bonchev–Trinajstić information content (AvgIpc) is 2.60. The number of aromatic nitrogens is 2. The standard InChI is InChI=1S/C12H21N3O/c1-4-10-8-11(15(3)14-10)9-12(16)6-7-13-5-2/h8,13H,4-7,9H2,1-3H3. The lowest BCUT2D eigenvalue weighted by Crippen LogP contribution is -2.18. The van der Waals surface area contributed by atoms with Gasteiger partial charge in [0.05, 0.1) is 5.69 Å². The largest absolute Gasteiger partial charge is 0.317 e. The molecule has 4 heteroatoms. The Kier molecular flexibility index (Phi) is 5.19. The zero-order chi connectivity index (χ0) is 12.0. The van der Waals surface area contributed by atoms with Gasteiger partial charge in [-0.1, -0.05) is 13.8 Å². The third-order valence-electron chi connectivity index (χ3n) is 2.60. The highest BCUT2D eigenvalue weighted by Crippen LogP contribution is 2.05. The van der Waals surface area contributed by atoms with Crippen LogP contribution in [0.1, 0.15) is 31.7 Å². The van der Waals surface area contributed by atoms with E-state index in [-0.39, 0.29) is 5.78 Å². The van der Waals surface area contributed by atoms with E-state index in [0.29, 0.717) is 12.8 Å². The Hall–Kier alpha value is -1.16. The molecule has 1 heterocycles. The quantitative estimate of drug-likeness (QED) is 0.704. The first-order valence-electron chi connectivity index (χ1n) is 5.91. The minimum atomic E-state index is 0.270. The summed E-state index contributed by atoms with van der Waals surface area (Å²) in [6, 6.07) is 2.02. The van der Waals surface area contributed by atoms with Crippen LogP contribution in [0.4, 0.5) is 0 Å². The number of aryl methyl sites for hydroxylation is 2. The number of hydrogen-bond donors (Lipinski definition) is 1. The number of nitrogens with zero attached hydrogens (tertiary/aromatic N) is 2. The van der Waals surface area contributed by atoms with E-state index in [0.717, 1.165) is 30.9 Å². The molecule has 90 valence electrons. The van der Waals surface area contributed by atoms with Gasteiger partial charge in [0.2, 0.25) is 0 Å². The molecular weight excluding hydrogens is 202 g/mol. The van der Waals surface area contributed by atoms with Gasteiger partial charge in [0.1, 0.15) is 5.78 Å². The van der Waals surface area contributed by atoms with Crippen molar-refractivity contribution in [3.05, 3.63) is 17.5 Å². The van der Waals surface area contributed by atoms with Crippen molar-refractivity contribution in [2.45, 2.75) is 33.1 Å². The van der Waals surface area contributed by atoms with Crippen LogP contribution < -0.4 is 5.32 Å². The summed E-state index contributed by atoms with van der Waals surface area (Å²) in [5, 5.41) is 7.48. The number of rotatable bonds is 7. The molecule has 1 rings (SSSR count). The predicted molar refractivity (Wildman–Crippen MR) is 64.5 cm³/mol. The number of hydrogen-bond acceptors (Lipinski definition) is 3. The van der Waals surface area contributed by atoms with Crippen molar-refractivity contribution < 1.29 is 4.79 Å². The lowest BCUT2D eigenvalue weighted by Gasteiger charge is -2.02. The van der Waals surface area contributed by atoms with Crippen LogP contribution in [-0.4, -0.2) is 28.7 Å². The number of nitrogens with one attached hydrogen (secondary N) is 1. The third-order valence-corrected chi connectivity index (χ3v) is 2.60. The Morgan fingerprint density at radius 1 is 1.50 bits per heavy atom. The van der Waals surface area contributed by atoms with Crippen LogP contribution in [0.5, 0.6) is 0 Å². The molecule has 0 saturated carbocycles. The van der Waals surface area contributed by atoms with Crippen molar-refractivity contribution >= 4 is 5.78 Å². The van der Waals surface area contributed by atoms with Gasteiger partial charge in [-0.3, -0.25) is 9.48 Å². The molecule has 0 aromatic carbocycles. The number of carbonyl (C=O) groups excluding carboxylic acids is 1. The molecule has 16 heavy (non-hydrogen) atoms. The molecule has 4 nitrogen and oxygen atoms in total. The molecule has 0 radical (unpaired) electrons. The van der Waals surface area contributed by atoms with E-state index >= 15 is 0 Å². The molecule has 1 aromatic rings. The summed E-state index contributed by atoms with van der Waals surface area (Å²) >= 11 is 0. The molecule has 0 saturated heterocycles. The Balaban J connectivity index is 2.45. The Morgan fingerprint density at radius 2 is 2.25 bits per heavy atom. The topological polar surface area (TPSA) is 46.9 Å². The molecule has 0 atom stereocenters. The van der Waals surface area contributed by atoms with Crippen LogP contribution in [0.25, 0.3) is 0 Å². The van der Waals surface area contributed by atoms with Gasteiger partial charge in [0, 0.05) is 32.1 Å². The highest BCUT2D eigenvalue weighted by molar-refractivity contribution is 5.80. The Bertz CT molecular complexity index is 344. The van der Waals surface area contributed by atoms with Crippen LogP contribution in [-0.2, 0) is 24.7 Å². The molecule has 0 fully saturated rings. The van der Waals surface area contributed by atoms with E-state index in [9.17, 15) is 4.79 Å². The minimum absolute atomic E-state index is 0.270. The van der Waals surface area contributed by atoms with Gasteiger partial charge in [0.15, 0.2) is 0 Å². The molecule has 1 aromatic heterocycles. The first-order valence-corrected chi connectivity index (χ1v) is 5.91. The van der Waals surface area contributed by atoms with E-state index in [1.807, 2.05) is 24.7 Å². The molecule has 1 N–H and O–H groups in total. The average molecular weight is 223 g/mol. The summed E-state index contributed by atoms with van der Waals surface area (Å²) < 4.78 is 1.81.